The van der Waals surface area contributed by atoms with E-state index in [1.54, 1.807) is 0 Å². The van der Waals surface area contributed by atoms with Gasteiger partial charge in [-0.25, -0.2) is 0 Å². The van der Waals surface area contributed by atoms with E-state index in [4.69, 9.17) is 0 Å². The van der Waals surface area contributed by atoms with Gasteiger partial charge in [0.2, 0.25) is 0 Å². The minimum atomic E-state index is -0.992. The van der Waals surface area contributed by atoms with Gasteiger partial charge in [-0.05, 0) is 12.0 Å². The van der Waals surface area contributed by atoms with Crippen LogP contribution in [-0.4, -0.2) is 8.07 Å². The van der Waals surface area contributed by atoms with Crippen molar-refractivity contribution in [3.8, 4) is 0 Å². The van der Waals surface area contributed by atoms with Gasteiger partial charge in [0.1, 0.15) is 0 Å². The topological polar surface area (TPSA) is 0 Å². The van der Waals surface area contributed by atoms with Gasteiger partial charge >= 0.3 is 0 Å². The predicted octanol–water partition coefficient (Wildman–Crippen LogP) is 3.66. The summed E-state index contributed by atoms with van der Waals surface area (Å²) in [5.41, 5.74) is 3.80. The zero-order valence-corrected chi connectivity index (χ0v) is 9.75. The molecule has 0 saturated carbocycles. The third-order valence-corrected chi connectivity index (χ3v) is 3.05. The first kappa shape index (κ1) is 10.3. The molecule has 0 amide bonds. The van der Waals surface area contributed by atoms with Crippen molar-refractivity contribution in [2.24, 2.45) is 0 Å². The Labute approximate surface area is 82.3 Å². The first-order valence-corrected chi connectivity index (χ1v) is 8.37. The van der Waals surface area contributed by atoms with Crippen molar-refractivity contribution in [1.82, 2.24) is 0 Å². The Hall–Kier alpha value is -0.823. The summed E-state index contributed by atoms with van der Waals surface area (Å²) >= 11 is 0. The van der Waals surface area contributed by atoms with Crippen LogP contribution in [-0.2, 0) is 6.42 Å². The van der Waals surface area contributed by atoms with Crippen LogP contribution in [0.5, 0.6) is 0 Å². The third kappa shape index (κ3) is 4.68. The van der Waals surface area contributed by atoms with Crippen LogP contribution < -0.4 is 0 Å². The van der Waals surface area contributed by atoms with Crippen molar-refractivity contribution in [2.45, 2.75) is 26.1 Å². The Morgan fingerprint density at radius 1 is 1.08 bits per heavy atom. The molecule has 1 aromatic carbocycles. The van der Waals surface area contributed by atoms with Gasteiger partial charge in [-0.15, -0.1) is 0 Å². The fourth-order valence-electron chi connectivity index (χ4n) is 1.16. The third-order valence-electron chi connectivity index (χ3n) is 1.81. The Kier molecular flexibility index (Phi) is 3.49. The number of hydrogen-bond donors (Lipinski definition) is 0. The quantitative estimate of drug-likeness (QED) is 0.638. The van der Waals surface area contributed by atoms with Crippen molar-refractivity contribution in [2.75, 3.05) is 0 Å². The summed E-state index contributed by atoms with van der Waals surface area (Å²) in [5, 5.41) is 0. The van der Waals surface area contributed by atoms with E-state index in [-0.39, 0.29) is 0 Å². The van der Waals surface area contributed by atoms with E-state index in [9.17, 15) is 0 Å². The summed E-state index contributed by atoms with van der Waals surface area (Å²) in [7, 11) is -0.992. The van der Waals surface area contributed by atoms with E-state index in [2.05, 4.69) is 61.7 Å². The van der Waals surface area contributed by atoms with Gasteiger partial charge in [0, 0.05) is 0 Å². The zero-order valence-electron chi connectivity index (χ0n) is 8.75. The van der Waals surface area contributed by atoms with E-state index in [0.29, 0.717) is 0 Å². The van der Waals surface area contributed by atoms with E-state index < -0.39 is 8.07 Å². The Morgan fingerprint density at radius 2 is 1.69 bits per heavy atom. The lowest BCUT2D eigenvalue weighted by molar-refractivity contribution is 1.27. The number of allylic oxidation sites excluding steroid dienone is 1. The highest BCUT2D eigenvalue weighted by Gasteiger charge is 2.05. The highest BCUT2D eigenvalue weighted by molar-refractivity contribution is 6.80. The number of hydrogen-bond acceptors (Lipinski definition) is 0. The van der Waals surface area contributed by atoms with Crippen LogP contribution in [0.15, 0.2) is 42.1 Å². The molecule has 0 saturated heterocycles. The van der Waals surface area contributed by atoms with E-state index in [1.165, 1.54) is 5.56 Å². The van der Waals surface area contributed by atoms with Crippen LogP contribution in [0.1, 0.15) is 5.56 Å². The van der Waals surface area contributed by atoms with E-state index >= 15 is 0 Å². The lowest BCUT2D eigenvalue weighted by atomic mass is 10.2. The molecule has 0 N–H and O–H groups in total. The summed E-state index contributed by atoms with van der Waals surface area (Å²) in [6.07, 6.45) is 3.38. The minimum absolute atomic E-state index is 0.992. The van der Waals surface area contributed by atoms with E-state index in [1.807, 2.05) is 0 Å². The summed E-state index contributed by atoms with van der Waals surface area (Å²) in [5.74, 6) is 0. The molecule has 0 bridgehead atoms. The fourth-order valence-corrected chi connectivity index (χ4v) is 1.99. The monoisotopic (exact) mass is 190 g/mol. The standard InChI is InChI=1S/C12H18Si/c1-13(2,3)11-7-10-12-8-5-4-6-9-12/h4-9,11H,10H2,1-3H3/b11-7+. The molecule has 0 spiro atoms. The molecule has 13 heavy (non-hydrogen) atoms. The smallest absolute Gasteiger partial charge is 0.0683 e. The molecule has 0 nitrogen and oxygen atoms in total. The SMILES string of the molecule is C[Si](C)(C)/C=C/Cc1ccccc1. The van der Waals surface area contributed by atoms with Gasteiger partial charge in [-0.1, -0.05) is 61.7 Å². The molecule has 0 fully saturated rings. The van der Waals surface area contributed by atoms with Crippen molar-refractivity contribution >= 4 is 8.07 Å². The highest BCUT2D eigenvalue weighted by Crippen LogP contribution is 2.05. The van der Waals surface area contributed by atoms with Crippen molar-refractivity contribution in [3.63, 3.8) is 0 Å². The van der Waals surface area contributed by atoms with Crippen LogP contribution >= 0.6 is 0 Å². The summed E-state index contributed by atoms with van der Waals surface area (Å²) in [6, 6.07) is 10.6. The molecule has 1 aromatic rings. The predicted molar refractivity (Wildman–Crippen MR) is 62.6 cm³/mol. The molecule has 0 radical (unpaired) electrons. The number of rotatable bonds is 3. The normalized spacial score (nSPS) is 12.2. The van der Waals surface area contributed by atoms with Crippen molar-refractivity contribution < 1.29 is 0 Å². The number of benzene rings is 1. The summed E-state index contributed by atoms with van der Waals surface area (Å²) in [6.45, 7) is 7.07. The van der Waals surface area contributed by atoms with E-state index in [0.717, 1.165) is 6.42 Å². The zero-order chi connectivity index (χ0) is 9.73. The minimum Gasteiger partial charge on any atom is -0.0986 e. The van der Waals surface area contributed by atoms with Gasteiger partial charge in [-0.3, -0.25) is 0 Å². The molecule has 0 heterocycles. The summed E-state index contributed by atoms with van der Waals surface area (Å²) < 4.78 is 0. The Morgan fingerprint density at radius 3 is 2.23 bits per heavy atom. The molecule has 0 aliphatic carbocycles. The largest absolute Gasteiger partial charge is 0.0986 e. The molecule has 0 aromatic heterocycles. The maximum absolute atomic E-state index is 2.40. The molecule has 0 unspecified atom stereocenters. The Bertz CT molecular complexity index is 267. The molecular formula is C12H18Si. The molecule has 0 atom stereocenters. The molecule has 1 heteroatoms. The van der Waals surface area contributed by atoms with Gasteiger partial charge in [0.25, 0.3) is 0 Å². The molecule has 0 aliphatic heterocycles. The first-order valence-electron chi connectivity index (χ1n) is 4.79. The average Bonchev–Trinajstić information content (AvgIpc) is 2.04. The summed E-state index contributed by atoms with van der Waals surface area (Å²) in [4.78, 5) is 0. The molecular weight excluding hydrogens is 172 g/mol. The van der Waals surface area contributed by atoms with Crippen molar-refractivity contribution in [1.29, 1.82) is 0 Å². The van der Waals surface area contributed by atoms with Crippen LogP contribution in [0, 0.1) is 0 Å². The maximum atomic E-state index is 2.40. The Balaban J connectivity index is 2.49. The maximum Gasteiger partial charge on any atom is 0.0683 e. The van der Waals surface area contributed by atoms with Crippen LogP contribution in [0.2, 0.25) is 19.6 Å². The second kappa shape index (κ2) is 4.42. The van der Waals surface area contributed by atoms with Crippen LogP contribution in [0.4, 0.5) is 0 Å². The highest BCUT2D eigenvalue weighted by atomic mass is 28.3. The van der Waals surface area contributed by atoms with Crippen LogP contribution in [0.25, 0.3) is 0 Å². The molecule has 0 aliphatic rings. The average molecular weight is 190 g/mol. The molecule has 70 valence electrons. The van der Waals surface area contributed by atoms with Gasteiger partial charge in [0.05, 0.1) is 8.07 Å². The first-order chi connectivity index (χ1) is 6.08. The lowest BCUT2D eigenvalue weighted by Crippen LogP contribution is -2.15. The van der Waals surface area contributed by atoms with Crippen LogP contribution in [0.3, 0.4) is 0 Å². The lowest BCUT2D eigenvalue weighted by Gasteiger charge is -2.07. The van der Waals surface area contributed by atoms with Gasteiger partial charge in [0.15, 0.2) is 0 Å². The van der Waals surface area contributed by atoms with Gasteiger partial charge < -0.3 is 0 Å². The fraction of sp³-hybridized carbons (Fsp3) is 0.333. The second-order valence-electron chi connectivity index (χ2n) is 4.46. The second-order valence-corrected chi connectivity index (χ2v) is 9.52. The molecule has 1 rings (SSSR count). The van der Waals surface area contributed by atoms with Crippen molar-refractivity contribution in [3.05, 3.63) is 47.7 Å². The van der Waals surface area contributed by atoms with Gasteiger partial charge in [-0.2, -0.15) is 0 Å².